The molecule has 2 fully saturated rings. The molecule has 2 nitrogen and oxygen atoms in total. The number of hydrogen-bond donors (Lipinski definition) is 1. The standard InChI is InChI=1S/C15H30N2/c16-15-10-6-4-5-9-14(15)13-17-11-7-2-1-3-8-12-17/h14-15H,1-13,16H2. The van der Waals surface area contributed by atoms with Gasteiger partial charge in [-0.3, -0.25) is 0 Å². The van der Waals surface area contributed by atoms with Gasteiger partial charge >= 0.3 is 0 Å². The second-order valence-corrected chi connectivity index (χ2v) is 6.13. The Hall–Kier alpha value is -0.0800. The van der Waals surface area contributed by atoms with Crippen LogP contribution >= 0.6 is 0 Å². The van der Waals surface area contributed by atoms with Crippen LogP contribution in [0, 0.1) is 5.92 Å². The van der Waals surface area contributed by atoms with Crippen LogP contribution in [0.25, 0.3) is 0 Å². The summed E-state index contributed by atoms with van der Waals surface area (Å²) in [6.45, 7) is 3.92. The van der Waals surface area contributed by atoms with E-state index in [1.54, 1.807) is 0 Å². The first kappa shape index (κ1) is 13.4. The van der Waals surface area contributed by atoms with Gasteiger partial charge in [0.05, 0.1) is 0 Å². The van der Waals surface area contributed by atoms with Gasteiger partial charge in [-0.25, -0.2) is 0 Å². The second kappa shape index (κ2) is 7.38. The number of likely N-dealkylation sites (tertiary alicyclic amines) is 1. The van der Waals surface area contributed by atoms with Crippen LogP contribution in [-0.4, -0.2) is 30.6 Å². The molecule has 1 aliphatic carbocycles. The van der Waals surface area contributed by atoms with E-state index in [0.717, 1.165) is 5.92 Å². The minimum absolute atomic E-state index is 0.475. The quantitative estimate of drug-likeness (QED) is 0.749. The molecular weight excluding hydrogens is 208 g/mol. The van der Waals surface area contributed by atoms with Crippen molar-refractivity contribution in [1.82, 2.24) is 4.90 Å². The molecule has 0 aromatic heterocycles. The Balaban J connectivity index is 1.79. The van der Waals surface area contributed by atoms with Crippen LogP contribution in [0.3, 0.4) is 0 Å². The van der Waals surface area contributed by atoms with Gasteiger partial charge in [-0.1, -0.05) is 38.5 Å². The predicted octanol–water partition coefficient (Wildman–Crippen LogP) is 3.16. The van der Waals surface area contributed by atoms with E-state index in [-0.39, 0.29) is 0 Å². The molecule has 0 amide bonds. The molecule has 0 aromatic carbocycles. The van der Waals surface area contributed by atoms with Crippen LogP contribution in [-0.2, 0) is 0 Å². The second-order valence-electron chi connectivity index (χ2n) is 6.13. The molecule has 0 bridgehead atoms. The van der Waals surface area contributed by atoms with Crippen LogP contribution in [0.5, 0.6) is 0 Å². The number of nitrogens with zero attached hydrogens (tertiary/aromatic N) is 1. The lowest BCUT2D eigenvalue weighted by Gasteiger charge is -2.31. The Morgan fingerprint density at radius 2 is 1.35 bits per heavy atom. The number of rotatable bonds is 2. The Bertz CT molecular complexity index is 197. The van der Waals surface area contributed by atoms with Gasteiger partial charge in [0, 0.05) is 12.6 Å². The van der Waals surface area contributed by atoms with Crippen LogP contribution in [0.4, 0.5) is 0 Å². The Kier molecular flexibility index (Phi) is 5.79. The highest BCUT2D eigenvalue weighted by Crippen LogP contribution is 2.24. The van der Waals surface area contributed by atoms with Gasteiger partial charge < -0.3 is 10.6 Å². The van der Waals surface area contributed by atoms with E-state index >= 15 is 0 Å². The normalized spacial score (nSPS) is 33.7. The Labute approximate surface area is 107 Å². The van der Waals surface area contributed by atoms with Crippen molar-refractivity contribution in [3.05, 3.63) is 0 Å². The van der Waals surface area contributed by atoms with E-state index in [1.165, 1.54) is 83.8 Å². The molecule has 2 aliphatic rings. The first-order valence-corrected chi connectivity index (χ1v) is 7.84. The van der Waals surface area contributed by atoms with Crippen molar-refractivity contribution < 1.29 is 0 Å². The van der Waals surface area contributed by atoms with Crippen molar-refractivity contribution in [2.24, 2.45) is 11.7 Å². The van der Waals surface area contributed by atoms with Gasteiger partial charge in [-0.05, 0) is 44.7 Å². The monoisotopic (exact) mass is 238 g/mol. The van der Waals surface area contributed by atoms with Gasteiger partial charge in [0.2, 0.25) is 0 Å². The molecule has 17 heavy (non-hydrogen) atoms. The summed E-state index contributed by atoms with van der Waals surface area (Å²) in [5.41, 5.74) is 6.34. The highest BCUT2D eigenvalue weighted by molar-refractivity contribution is 4.79. The highest BCUT2D eigenvalue weighted by atomic mass is 15.1. The summed E-state index contributed by atoms with van der Waals surface area (Å²) >= 11 is 0. The third-order valence-electron chi connectivity index (χ3n) is 4.66. The van der Waals surface area contributed by atoms with Crippen molar-refractivity contribution in [3.63, 3.8) is 0 Å². The largest absolute Gasteiger partial charge is 0.327 e. The molecule has 2 rings (SSSR count). The maximum absolute atomic E-state index is 6.34. The minimum Gasteiger partial charge on any atom is -0.327 e. The molecule has 0 radical (unpaired) electrons. The molecule has 100 valence electrons. The molecule has 2 atom stereocenters. The molecule has 2 unspecified atom stereocenters. The van der Waals surface area contributed by atoms with E-state index in [9.17, 15) is 0 Å². The summed E-state index contributed by atoms with van der Waals surface area (Å²) in [6, 6.07) is 0.475. The van der Waals surface area contributed by atoms with Crippen LogP contribution in [0.1, 0.15) is 64.2 Å². The smallest absolute Gasteiger partial charge is 0.00793 e. The molecule has 1 aliphatic heterocycles. The van der Waals surface area contributed by atoms with Gasteiger partial charge in [0.1, 0.15) is 0 Å². The summed E-state index contributed by atoms with van der Waals surface area (Å²) in [5, 5.41) is 0. The molecule has 1 saturated carbocycles. The molecule has 2 N–H and O–H groups in total. The SMILES string of the molecule is NC1CCCCCC1CN1CCCCCCC1. The third-order valence-corrected chi connectivity index (χ3v) is 4.66. The van der Waals surface area contributed by atoms with E-state index < -0.39 is 0 Å². The summed E-state index contributed by atoms with van der Waals surface area (Å²) < 4.78 is 0. The van der Waals surface area contributed by atoms with Crippen molar-refractivity contribution in [1.29, 1.82) is 0 Å². The van der Waals surface area contributed by atoms with E-state index in [2.05, 4.69) is 4.90 Å². The van der Waals surface area contributed by atoms with Crippen molar-refractivity contribution in [3.8, 4) is 0 Å². The highest BCUT2D eigenvalue weighted by Gasteiger charge is 2.22. The molecular formula is C15H30N2. The third kappa shape index (κ3) is 4.59. The maximum atomic E-state index is 6.34. The molecule has 0 spiro atoms. The van der Waals surface area contributed by atoms with Crippen molar-refractivity contribution in [2.75, 3.05) is 19.6 Å². The lowest BCUT2D eigenvalue weighted by Crippen LogP contribution is -2.40. The van der Waals surface area contributed by atoms with E-state index in [1.807, 2.05) is 0 Å². The van der Waals surface area contributed by atoms with Crippen LogP contribution < -0.4 is 5.73 Å². The zero-order chi connectivity index (χ0) is 11.9. The molecule has 2 heteroatoms. The fourth-order valence-corrected chi connectivity index (χ4v) is 3.47. The molecule has 1 saturated heterocycles. The maximum Gasteiger partial charge on any atom is 0.00793 e. The van der Waals surface area contributed by atoms with Gasteiger partial charge in [-0.2, -0.15) is 0 Å². The van der Waals surface area contributed by atoms with Gasteiger partial charge in [0.15, 0.2) is 0 Å². The van der Waals surface area contributed by atoms with E-state index in [0.29, 0.717) is 6.04 Å². The molecule has 1 heterocycles. The van der Waals surface area contributed by atoms with Crippen LogP contribution in [0.2, 0.25) is 0 Å². The summed E-state index contributed by atoms with van der Waals surface area (Å²) in [7, 11) is 0. The lowest BCUT2D eigenvalue weighted by molar-refractivity contribution is 0.192. The van der Waals surface area contributed by atoms with Crippen molar-refractivity contribution in [2.45, 2.75) is 70.3 Å². The Morgan fingerprint density at radius 1 is 0.765 bits per heavy atom. The van der Waals surface area contributed by atoms with Gasteiger partial charge in [-0.15, -0.1) is 0 Å². The number of hydrogen-bond acceptors (Lipinski definition) is 2. The first-order chi connectivity index (χ1) is 8.36. The average Bonchev–Trinajstić information content (AvgIpc) is 2.48. The fourth-order valence-electron chi connectivity index (χ4n) is 3.47. The predicted molar refractivity (Wildman–Crippen MR) is 74.1 cm³/mol. The average molecular weight is 238 g/mol. The van der Waals surface area contributed by atoms with Crippen LogP contribution in [0.15, 0.2) is 0 Å². The zero-order valence-corrected chi connectivity index (χ0v) is 11.4. The minimum atomic E-state index is 0.475. The fraction of sp³-hybridized carbons (Fsp3) is 1.00. The van der Waals surface area contributed by atoms with Crippen molar-refractivity contribution >= 4 is 0 Å². The Morgan fingerprint density at radius 3 is 2.12 bits per heavy atom. The van der Waals surface area contributed by atoms with E-state index in [4.69, 9.17) is 5.73 Å². The topological polar surface area (TPSA) is 29.3 Å². The summed E-state index contributed by atoms with van der Waals surface area (Å²) in [4.78, 5) is 2.70. The lowest BCUT2D eigenvalue weighted by atomic mass is 9.94. The number of nitrogens with two attached hydrogens (primary N) is 1. The zero-order valence-electron chi connectivity index (χ0n) is 11.4. The molecule has 0 aromatic rings. The van der Waals surface area contributed by atoms with Gasteiger partial charge in [0.25, 0.3) is 0 Å². The first-order valence-electron chi connectivity index (χ1n) is 7.84. The summed E-state index contributed by atoms with van der Waals surface area (Å²) in [6.07, 6.45) is 13.9. The summed E-state index contributed by atoms with van der Waals surface area (Å²) in [5.74, 6) is 0.775.